The first-order chi connectivity index (χ1) is 6.61. The fourth-order valence-corrected chi connectivity index (χ4v) is 1.02. The van der Waals surface area contributed by atoms with E-state index in [1.807, 2.05) is 13.8 Å². The molecule has 0 radical (unpaired) electrons. The zero-order valence-corrected chi connectivity index (χ0v) is 8.57. The summed E-state index contributed by atoms with van der Waals surface area (Å²) >= 11 is 0. The van der Waals surface area contributed by atoms with E-state index in [4.69, 9.17) is 5.73 Å². The molecule has 1 heterocycles. The second-order valence-electron chi connectivity index (χ2n) is 3.66. The number of nitrogens with two attached hydrogens (primary N) is 1. The maximum atomic E-state index is 9.56. The third kappa shape index (κ3) is 2.88. The van der Waals surface area contributed by atoms with Crippen molar-refractivity contribution in [1.29, 1.82) is 0 Å². The molecule has 1 aromatic heterocycles. The number of aliphatic hydroxyl groups is 1. The van der Waals surface area contributed by atoms with Gasteiger partial charge < -0.3 is 16.2 Å². The number of nitrogens with one attached hydrogen (secondary N) is 1. The number of nitrogens with zero attached hydrogens (tertiary/aromatic N) is 1. The van der Waals surface area contributed by atoms with E-state index >= 15 is 0 Å². The molecule has 0 bridgehead atoms. The molecule has 0 saturated carbocycles. The number of nitrogen functional groups attached to an aromatic ring is 1. The van der Waals surface area contributed by atoms with Crippen molar-refractivity contribution in [3.63, 3.8) is 0 Å². The number of anilines is 2. The molecule has 0 spiro atoms. The molecule has 1 unspecified atom stereocenters. The summed E-state index contributed by atoms with van der Waals surface area (Å²) in [6.07, 6.45) is 2.90. The van der Waals surface area contributed by atoms with E-state index in [-0.39, 0.29) is 12.0 Å². The third-order valence-corrected chi connectivity index (χ3v) is 2.12. The highest BCUT2D eigenvalue weighted by molar-refractivity contribution is 5.64. The van der Waals surface area contributed by atoms with E-state index in [1.54, 1.807) is 18.5 Å². The summed E-state index contributed by atoms with van der Waals surface area (Å²) in [6.45, 7) is 4.45. The Morgan fingerprint density at radius 1 is 1.57 bits per heavy atom. The number of hydrogen-bond acceptors (Lipinski definition) is 4. The number of aliphatic hydroxyl groups excluding tert-OH is 1. The van der Waals surface area contributed by atoms with Crippen LogP contribution in [0.5, 0.6) is 0 Å². The highest BCUT2D eigenvalue weighted by atomic mass is 16.3. The normalized spacial score (nSPS) is 12.9. The summed E-state index contributed by atoms with van der Waals surface area (Å²) < 4.78 is 0. The molecule has 14 heavy (non-hydrogen) atoms. The van der Waals surface area contributed by atoms with Crippen molar-refractivity contribution >= 4 is 11.4 Å². The third-order valence-electron chi connectivity index (χ3n) is 2.12. The van der Waals surface area contributed by atoms with E-state index in [1.165, 1.54) is 0 Å². The summed E-state index contributed by atoms with van der Waals surface area (Å²) in [7, 11) is 0. The average molecular weight is 195 g/mol. The Morgan fingerprint density at radius 3 is 2.86 bits per heavy atom. The molecule has 0 fully saturated rings. The van der Waals surface area contributed by atoms with Crippen LogP contribution in [0.3, 0.4) is 0 Å². The van der Waals surface area contributed by atoms with Gasteiger partial charge in [0.15, 0.2) is 0 Å². The largest absolute Gasteiger partial charge is 0.396 e. The van der Waals surface area contributed by atoms with E-state index < -0.39 is 0 Å². The molecular weight excluding hydrogens is 178 g/mol. The van der Waals surface area contributed by atoms with Crippen LogP contribution in [0.1, 0.15) is 13.8 Å². The zero-order chi connectivity index (χ0) is 10.6. The smallest absolute Gasteiger partial charge is 0.0736 e. The van der Waals surface area contributed by atoms with E-state index in [2.05, 4.69) is 10.3 Å². The molecule has 0 amide bonds. The molecule has 1 rings (SSSR count). The Kier molecular flexibility index (Phi) is 3.71. The molecule has 1 atom stereocenters. The van der Waals surface area contributed by atoms with Gasteiger partial charge in [-0.15, -0.1) is 0 Å². The van der Waals surface area contributed by atoms with Gasteiger partial charge >= 0.3 is 0 Å². The number of hydrogen-bond donors (Lipinski definition) is 3. The Balaban J connectivity index is 2.50. The molecule has 0 aliphatic heterocycles. The fraction of sp³-hybridized carbons (Fsp3) is 0.500. The topological polar surface area (TPSA) is 71.2 Å². The van der Waals surface area contributed by atoms with Crippen LogP contribution in [0.2, 0.25) is 0 Å². The van der Waals surface area contributed by atoms with Crippen LogP contribution < -0.4 is 11.1 Å². The Labute approximate surface area is 84.2 Å². The summed E-state index contributed by atoms with van der Waals surface area (Å²) in [5.74, 6) is 0.241. The van der Waals surface area contributed by atoms with Crippen LogP contribution in [0.4, 0.5) is 11.4 Å². The van der Waals surface area contributed by atoms with Crippen LogP contribution in [0.15, 0.2) is 18.5 Å². The second kappa shape index (κ2) is 4.81. The van der Waals surface area contributed by atoms with Gasteiger partial charge in [0.1, 0.15) is 0 Å². The van der Waals surface area contributed by atoms with Crippen molar-refractivity contribution in [1.82, 2.24) is 4.98 Å². The summed E-state index contributed by atoms with van der Waals surface area (Å²) in [4.78, 5) is 3.88. The molecule has 0 aliphatic carbocycles. The average Bonchev–Trinajstić information content (AvgIpc) is 2.16. The molecule has 78 valence electrons. The van der Waals surface area contributed by atoms with Crippen LogP contribution in [-0.2, 0) is 0 Å². The van der Waals surface area contributed by atoms with E-state index in [9.17, 15) is 5.11 Å². The standard InChI is InChI=1S/C10H17N3O/c1-7(2)10(14)6-13-9-3-4-12-5-8(9)11/h3-5,7,10,14H,6,11H2,1-2H3,(H,12,13). The van der Waals surface area contributed by atoms with Crippen LogP contribution in [0, 0.1) is 5.92 Å². The van der Waals surface area contributed by atoms with Gasteiger partial charge in [0, 0.05) is 12.7 Å². The van der Waals surface area contributed by atoms with Crippen LogP contribution in [-0.4, -0.2) is 22.7 Å². The number of pyridine rings is 1. The monoisotopic (exact) mass is 195 g/mol. The highest BCUT2D eigenvalue weighted by Crippen LogP contribution is 2.15. The van der Waals surface area contributed by atoms with Gasteiger partial charge in [-0.05, 0) is 12.0 Å². The van der Waals surface area contributed by atoms with Crippen molar-refractivity contribution in [2.75, 3.05) is 17.6 Å². The van der Waals surface area contributed by atoms with Crippen LogP contribution >= 0.6 is 0 Å². The van der Waals surface area contributed by atoms with Gasteiger partial charge in [0.05, 0.1) is 23.7 Å². The number of aromatic nitrogens is 1. The second-order valence-corrected chi connectivity index (χ2v) is 3.66. The van der Waals surface area contributed by atoms with E-state index in [0.717, 1.165) is 5.69 Å². The first-order valence-electron chi connectivity index (χ1n) is 4.72. The van der Waals surface area contributed by atoms with Crippen molar-refractivity contribution < 1.29 is 5.11 Å². The van der Waals surface area contributed by atoms with Crippen LogP contribution in [0.25, 0.3) is 0 Å². The Morgan fingerprint density at radius 2 is 2.29 bits per heavy atom. The Bertz CT molecular complexity index is 288. The minimum absolute atomic E-state index is 0.241. The molecule has 4 nitrogen and oxygen atoms in total. The number of rotatable bonds is 4. The van der Waals surface area contributed by atoms with Gasteiger partial charge in [-0.3, -0.25) is 4.98 Å². The molecular formula is C10H17N3O. The first-order valence-corrected chi connectivity index (χ1v) is 4.72. The van der Waals surface area contributed by atoms with Gasteiger partial charge in [-0.2, -0.15) is 0 Å². The summed E-state index contributed by atoms with van der Waals surface area (Å²) in [5, 5.41) is 12.6. The lowest BCUT2D eigenvalue weighted by molar-refractivity contribution is 0.138. The minimum atomic E-state index is -0.359. The molecule has 4 heteroatoms. The SMILES string of the molecule is CC(C)C(O)CNc1ccncc1N. The molecule has 0 aliphatic rings. The molecule has 1 aromatic rings. The summed E-state index contributed by atoms with van der Waals surface area (Å²) in [6, 6.07) is 1.79. The van der Waals surface area contributed by atoms with Gasteiger partial charge in [-0.1, -0.05) is 13.8 Å². The lowest BCUT2D eigenvalue weighted by Gasteiger charge is -2.16. The van der Waals surface area contributed by atoms with Crippen molar-refractivity contribution in [3.8, 4) is 0 Å². The maximum absolute atomic E-state index is 9.56. The predicted molar refractivity (Wildman–Crippen MR) is 58.0 cm³/mol. The lowest BCUT2D eigenvalue weighted by atomic mass is 10.1. The van der Waals surface area contributed by atoms with E-state index in [0.29, 0.717) is 12.2 Å². The Hall–Kier alpha value is -1.29. The van der Waals surface area contributed by atoms with Crippen molar-refractivity contribution in [2.45, 2.75) is 20.0 Å². The summed E-state index contributed by atoms with van der Waals surface area (Å²) in [5.41, 5.74) is 7.10. The predicted octanol–water partition coefficient (Wildman–Crippen LogP) is 1.09. The lowest BCUT2D eigenvalue weighted by Crippen LogP contribution is -2.25. The van der Waals surface area contributed by atoms with Gasteiger partial charge in [-0.25, -0.2) is 0 Å². The molecule has 0 saturated heterocycles. The first kappa shape index (κ1) is 10.8. The fourth-order valence-electron chi connectivity index (χ4n) is 1.02. The van der Waals surface area contributed by atoms with Gasteiger partial charge in [0.2, 0.25) is 0 Å². The van der Waals surface area contributed by atoms with Crippen molar-refractivity contribution in [3.05, 3.63) is 18.5 Å². The van der Waals surface area contributed by atoms with Gasteiger partial charge in [0.25, 0.3) is 0 Å². The van der Waals surface area contributed by atoms with Crippen molar-refractivity contribution in [2.24, 2.45) is 5.92 Å². The maximum Gasteiger partial charge on any atom is 0.0736 e. The minimum Gasteiger partial charge on any atom is -0.396 e. The zero-order valence-electron chi connectivity index (χ0n) is 8.57. The quantitative estimate of drug-likeness (QED) is 0.672. The molecule has 4 N–H and O–H groups in total. The molecule has 0 aromatic carbocycles. The highest BCUT2D eigenvalue weighted by Gasteiger charge is 2.08.